The number of carbonyl (C=O) groups excluding carboxylic acids is 2. The maximum atomic E-state index is 11.3. The molecule has 0 radical (unpaired) electrons. The first-order valence-corrected chi connectivity index (χ1v) is 5.03. The van der Waals surface area contributed by atoms with Crippen LogP contribution in [0.4, 0.5) is 0 Å². The van der Waals surface area contributed by atoms with Crippen molar-refractivity contribution < 1.29 is 29.4 Å². The molecule has 102 valence electrons. The molecule has 0 spiro atoms. The third-order valence-corrected chi connectivity index (χ3v) is 2.04. The summed E-state index contributed by atoms with van der Waals surface area (Å²) < 4.78 is 0. The Balaban J connectivity index is 4.22. The van der Waals surface area contributed by atoms with E-state index in [0.29, 0.717) is 0 Å². The van der Waals surface area contributed by atoms with Gasteiger partial charge in [-0.15, -0.1) is 0 Å². The minimum Gasteiger partial charge on any atom is -0.480 e. The van der Waals surface area contributed by atoms with Crippen molar-refractivity contribution in [1.82, 2.24) is 5.32 Å². The number of hydrogen-bond acceptors (Lipinski definition) is 5. The second-order valence-corrected chi connectivity index (χ2v) is 3.61. The van der Waals surface area contributed by atoms with Crippen LogP contribution < -0.4 is 16.8 Å². The van der Waals surface area contributed by atoms with E-state index in [2.05, 4.69) is 5.32 Å². The summed E-state index contributed by atoms with van der Waals surface area (Å²) in [5.41, 5.74) is 9.98. The summed E-state index contributed by atoms with van der Waals surface area (Å²) in [6.45, 7) is 0. The van der Waals surface area contributed by atoms with Crippen LogP contribution in [0, 0.1) is 0 Å². The zero-order valence-electron chi connectivity index (χ0n) is 9.46. The first-order chi connectivity index (χ1) is 8.23. The summed E-state index contributed by atoms with van der Waals surface area (Å²) >= 11 is 0. The topological polar surface area (TPSA) is 173 Å². The molecule has 0 aromatic rings. The summed E-state index contributed by atoms with van der Waals surface area (Å²) in [5.74, 6) is -4.23. The molecular formula is C9H15N3O6. The number of amides is 2. The first-order valence-electron chi connectivity index (χ1n) is 5.03. The number of carbonyl (C=O) groups is 4. The normalized spacial score (nSPS) is 13.4. The van der Waals surface area contributed by atoms with E-state index >= 15 is 0 Å². The number of carboxylic acids is 2. The van der Waals surface area contributed by atoms with E-state index in [1.54, 1.807) is 0 Å². The molecule has 0 unspecified atom stereocenters. The van der Waals surface area contributed by atoms with Crippen molar-refractivity contribution in [3.8, 4) is 0 Å². The highest BCUT2D eigenvalue weighted by Crippen LogP contribution is 1.98. The predicted molar refractivity (Wildman–Crippen MR) is 58.2 cm³/mol. The lowest BCUT2D eigenvalue weighted by atomic mass is 10.1. The molecule has 0 aromatic heterocycles. The van der Waals surface area contributed by atoms with Gasteiger partial charge in [-0.25, -0.2) is 4.79 Å². The second kappa shape index (κ2) is 7.22. The molecule has 0 aliphatic carbocycles. The number of nitrogens with one attached hydrogen (secondary N) is 1. The summed E-state index contributed by atoms with van der Waals surface area (Å²) in [6.07, 6.45) is -0.924. The van der Waals surface area contributed by atoms with Crippen molar-refractivity contribution in [2.45, 2.75) is 31.3 Å². The zero-order valence-corrected chi connectivity index (χ0v) is 9.46. The lowest BCUT2D eigenvalue weighted by Crippen LogP contribution is -2.43. The number of rotatable bonds is 8. The highest BCUT2D eigenvalue weighted by molar-refractivity contribution is 5.88. The molecule has 9 nitrogen and oxygen atoms in total. The average molecular weight is 261 g/mol. The quantitative estimate of drug-likeness (QED) is 0.324. The number of carboxylic acid groups (broad SMARTS) is 2. The van der Waals surface area contributed by atoms with Crippen LogP contribution in [-0.2, 0) is 19.2 Å². The fourth-order valence-corrected chi connectivity index (χ4v) is 1.08. The van der Waals surface area contributed by atoms with E-state index in [1.807, 2.05) is 0 Å². The molecule has 0 fully saturated rings. The van der Waals surface area contributed by atoms with Crippen molar-refractivity contribution in [1.29, 1.82) is 0 Å². The zero-order chi connectivity index (χ0) is 14.3. The smallest absolute Gasteiger partial charge is 0.326 e. The Morgan fingerprint density at radius 3 is 2.06 bits per heavy atom. The van der Waals surface area contributed by atoms with E-state index in [-0.39, 0.29) is 12.8 Å². The fraction of sp³-hybridized carbons (Fsp3) is 0.556. The molecule has 18 heavy (non-hydrogen) atoms. The third kappa shape index (κ3) is 6.43. The van der Waals surface area contributed by atoms with Crippen LogP contribution in [0.2, 0.25) is 0 Å². The van der Waals surface area contributed by atoms with Gasteiger partial charge in [0.15, 0.2) is 0 Å². The molecule has 2 atom stereocenters. The Morgan fingerprint density at radius 2 is 1.67 bits per heavy atom. The summed E-state index contributed by atoms with van der Waals surface area (Å²) in [4.78, 5) is 42.9. The SMILES string of the molecule is NC(=O)C[C@H](NC(=O)CC[C@H](N)C(=O)O)C(=O)O. The summed E-state index contributed by atoms with van der Waals surface area (Å²) in [7, 11) is 0. The van der Waals surface area contributed by atoms with Crippen LogP contribution in [0.25, 0.3) is 0 Å². The van der Waals surface area contributed by atoms with Crippen LogP contribution in [0.3, 0.4) is 0 Å². The lowest BCUT2D eigenvalue weighted by Gasteiger charge is -2.13. The molecule has 0 saturated carbocycles. The Kier molecular flexibility index (Phi) is 6.35. The van der Waals surface area contributed by atoms with Crippen LogP contribution >= 0.6 is 0 Å². The largest absolute Gasteiger partial charge is 0.480 e. The van der Waals surface area contributed by atoms with E-state index in [1.165, 1.54) is 0 Å². The maximum absolute atomic E-state index is 11.3. The molecule has 0 saturated heterocycles. The fourth-order valence-electron chi connectivity index (χ4n) is 1.08. The Hall–Kier alpha value is -2.16. The van der Waals surface area contributed by atoms with Crippen molar-refractivity contribution >= 4 is 23.8 Å². The standard InChI is InChI=1S/C9H15N3O6/c10-4(8(15)16)1-2-7(14)12-5(9(17)18)3-6(11)13/h4-5H,1-3,10H2,(H2,11,13)(H,12,14)(H,15,16)(H,17,18)/t4-,5-/m0/s1. The van der Waals surface area contributed by atoms with E-state index < -0.39 is 42.3 Å². The molecule has 0 bridgehead atoms. The molecule has 0 aliphatic heterocycles. The highest BCUT2D eigenvalue weighted by atomic mass is 16.4. The predicted octanol–water partition coefficient (Wildman–Crippen LogP) is -2.38. The van der Waals surface area contributed by atoms with Gasteiger partial charge < -0.3 is 27.0 Å². The van der Waals surface area contributed by atoms with Crippen molar-refractivity contribution in [2.75, 3.05) is 0 Å². The maximum Gasteiger partial charge on any atom is 0.326 e. The van der Waals surface area contributed by atoms with Crippen LogP contribution in [0.5, 0.6) is 0 Å². The Bertz CT molecular complexity index is 356. The van der Waals surface area contributed by atoms with Gasteiger partial charge in [-0.1, -0.05) is 0 Å². The van der Waals surface area contributed by atoms with Gasteiger partial charge in [-0.05, 0) is 6.42 Å². The van der Waals surface area contributed by atoms with Gasteiger partial charge in [0, 0.05) is 6.42 Å². The third-order valence-electron chi connectivity index (χ3n) is 2.04. The van der Waals surface area contributed by atoms with Gasteiger partial charge in [-0.3, -0.25) is 14.4 Å². The second-order valence-electron chi connectivity index (χ2n) is 3.61. The van der Waals surface area contributed by atoms with Crippen molar-refractivity contribution in [2.24, 2.45) is 11.5 Å². The summed E-state index contributed by atoms with van der Waals surface area (Å²) in [6, 6.07) is -2.62. The Morgan fingerprint density at radius 1 is 1.11 bits per heavy atom. The number of aliphatic carboxylic acids is 2. The first kappa shape index (κ1) is 15.8. The van der Waals surface area contributed by atoms with Crippen LogP contribution in [0.1, 0.15) is 19.3 Å². The lowest BCUT2D eigenvalue weighted by molar-refractivity contribution is -0.143. The average Bonchev–Trinajstić information content (AvgIpc) is 2.23. The molecule has 2 amide bonds. The number of hydrogen-bond donors (Lipinski definition) is 5. The van der Waals surface area contributed by atoms with Crippen molar-refractivity contribution in [3.05, 3.63) is 0 Å². The van der Waals surface area contributed by atoms with Crippen LogP contribution in [0.15, 0.2) is 0 Å². The molecule has 0 heterocycles. The van der Waals surface area contributed by atoms with Gasteiger partial charge >= 0.3 is 11.9 Å². The highest BCUT2D eigenvalue weighted by Gasteiger charge is 2.22. The molecule has 0 aliphatic rings. The van der Waals surface area contributed by atoms with Gasteiger partial charge in [0.05, 0.1) is 6.42 Å². The van der Waals surface area contributed by atoms with Crippen molar-refractivity contribution in [3.63, 3.8) is 0 Å². The molecular weight excluding hydrogens is 246 g/mol. The van der Waals surface area contributed by atoms with Gasteiger partial charge in [0.25, 0.3) is 0 Å². The van der Waals surface area contributed by atoms with E-state index in [4.69, 9.17) is 21.7 Å². The number of primary amides is 1. The number of nitrogens with two attached hydrogens (primary N) is 2. The minimum absolute atomic E-state index is 0.135. The molecule has 9 heteroatoms. The van der Waals surface area contributed by atoms with Gasteiger partial charge in [-0.2, -0.15) is 0 Å². The molecule has 7 N–H and O–H groups in total. The monoisotopic (exact) mass is 261 g/mol. The van der Waals surface area contributed by atoms with E-state index in [9.17, 15) is 19.2 Å². The molecule has 0 aromatic carbocycles. The van der Waals surface area contributed by atoms with Crippen LogP contribution in [-0.4, -0.2) is 46.0 Å². The Labute approximate surface area is 102 Å². The van der Waals surface area contributed by atoms with Gasteiger partial charge in [0.2, 0.25) is 11.8 Å². The van der Waals surface area contributed by atoms with Gasteiger partial charge in [0.1, 0.15) is 12.1 Å². The van der Waals surface area contributed by atoms with E-state index in [0.717, 1.165) is 0 Å². The summed E-state index contributed by atoms with van der Waals surface area (Å²) in [5, 5.41) is 19.2. The molecule has 0 rings (SSSR count). The minimum atomic E-state index is -1.42.